The van der Waals surface area contributed by atoms with Crippen LogP contribution in [0.25, 0.3) is 0 Å². The van der Waals surface area contributed by atoms with Gasteiger partial charge in [0.2, 0.25) is 0 Å². The SMILES string of the molecule is CC1=C2C(=C(C)C(=O)C2C)C(C)C1=O. The van der Waals surface area contributed by atoms with Crippen molar-refractivity contribution < 1.29 is 9.59 Å². The zero-order chi connectivity index (χ0) is 10.6. The Morgan fingerprint density at radius 2 is 1.07 bits per heavy atom. The summed E-state index contributed by atoms with van der Waals surface area (Å²) >= 11 is 0. The molecule has 0 aromatic carbocycles. The molecule has 2 aliphatic carbocycles. The smallest absolute Gasteiger partial charge is 0.166 e. The molecule has 74 valence electrons. The number of allylic oxidation sites excluding steroid dienone is 4. The molecule has 2 unspecified atom stereocenters. The number of carbonyl (C=O) groups is 2. The molecule has 0 spiro atoms. The second-order valence-corrected chi connectivity index (χ2v) is 4.25. The van der Waals surface area contributed by atoms with Gasteiger partial charge in [-0.05, 0) is 36.1 Å². The minimum absolute atomic E-state index is 0.0982. The van der Waals surface area contributed by atoms with Crippen LogP contribution in [0.5, 0.6) is 0 Å². The lowest BCUT2D eigenvalue weighted by molar-refractivity contribution is -0.117. The molecule has 2 heteroatoms. The van der Waals surface area contributed by atoms with Crippen molar-refractivity contribution in [1.82, 2.24) is 0 Å². The van der Waals surface area contributed by atoms with Gasteiger partial charge in [0.25, 0.3) is 0 Å². The predicted octanol–water partition coefficient (Wildman–Crippen LogP) is 2.06. The van der Waals surface area contributed by atoms with Gasteiger partial charge in [-0.15, -0.1) is 0 Å². The molecule has 0 fully saturated rings. The Bertz CT molecular complexity index is 370. The summed E-state index contributed by atoms with van der Waals surface area (Å²) in [7, 11) is 0. The summed E-state index contributed by atoms with van der Waals surface area (Å²) in [6.07, 6.45) is 0. The van der Waals surface area contributed by atoms with Gasteiger partial charge in [-0.25, -0.2) is 0 Å². The predicted molar refractivity (Wildman–Crippen MR) is 53.7 cm³/mol. The van der Waals surface area contributed by atoms with E-state index in [4.69, 9.17) is 0 Å². The summed E-state index contributed by atoms with van der Waals surface area (Å²) in [6, 6.07) is 0. The third-order valence-corrected chi connectivity index (χ3v) is 3.49. The van der Waals surface area contributed by atoms with Crippen LogP contribution in [0.4, 0.5) is 0 Å². The van der Waals surface area contributed by atoms with Crippen molar-refractivity contribution in [3.05, 3.63) is 22.3 Å². The molecule has 0 N–H and O–H groups in total. The van der Waals surface area contributed by atoms with Crippen LogP contribution in [0.1, 0.15) is 27.7 Å². The number of carbonyl (C=O) groups excluding carboxylic acids is 2. The van der Waals surface area contributed by atoms with Gasteiger partial charge in [0, 0.05) is 11.8 Å². The van der Waals surface area contributed by atoms with E-state index in [1.807, 2.05) is 27.7 Å². The van der Waals surface area contributed by atoms with E-state index in [-0.39, 0.29) is 23.4 Å². The summed E-state index contributed by atoms with van der Waals surface area (Å²) < 4.78 is 0. The molecule has 14 heavy (non-hydrogen) atoms. The second kappa shape index (κ2) is 2.66. The molecule has 0 saturated carbocycles. The highest BCUT2D eigenvalue weighted by molar-refractivity contribution is 6.13. The first-order chi connectivity index (χ1) is 6.46. The van der Waals surface area contributed by atoms with Crippen molar-refractivity contribution in [1.29, 1.82) is 0 Å². The van der Waals surface area contributed by atoms with E-state index < -0.39 is 0 Å². The summed E-state index contributed by atoms with van der Waals surface area (Å²) in [5.74, 6) is 0.181. The van der Waals surface area contributed by atoms with E-state index in [1.165, 1.54) is 0 Å². The van der Waals surface area contributed by atoms with Crippen LogP contribution in [0, 0.1) is 11.8 Å². The fourth-order valence-electron chi connectivity index (χ4n) is 2.70. The highest BCUT2D eigenvalue weighted by atomic mass is 16.1. The minimum Gasteiger partial charge on any atom is -0.294 e. The standard InChI is InChI=1S/C12H14O2/c1-5-9-6(2)12(14)8(4)10(9)7(3)11(5)13/h5,8H,1-4H3. The van der Waals surface area contributed by atoms with Crippen molar-refractivity contribution in [3.8, 4) is 0 Å². The zero-order valence-corrected chi connectivity index (χ0v) is 8.97. The van der Waals surface area contributed by atoms with Crippen molar-refractivity contribution >= 4 is 11.6 Å². The molecule has 2 nitrogen and oxygen atoms in total. The number of hydrogen-bond acceptors (Lipinski definition) is 2. The lowest BCUT2D eigenvalue weighted by Gasteiger charge is -2.03. The molecular weight excluding hydrogens is 176 g/mol. The fourth-order valence-corrected chi connectivity index (χ4v) is 2.70. The normalized spacial score (nSPS) is 32.0. The van der Waals surface area contributed by atoms with E-state index in [1.54, 1.807) is 0 Å². The highest BCUT2D eigenvalue weighted by Gasteiger charge is 2.43. The Balaban J connectivity index is 2.68. The summed E-state index contributed by atoms with van der Waals surface area (Å²) in [4.78, 5) is 23.4. The van der Waals surface area contributed by atoms with Crippen LogP contribution in [0.15, 0.2) is 22.3 Å². The van der Waals surface area contributed by atoms with E-state index in [9.17, 15) is 9.59 Å². The van der Waals surface area contributed by atoms with Crippen molar-refractivity contribution in [2.24, 2.45) is 11.8 Å². The van der Waals surface area contributed by atoms with Crippen LogP contribution >= 0.6 is 0 Å². The molecule has 0 heterocycles. The summed E-state index contributed by atoms with van der Waals surface area (Å²) in [6.45, 7) is 7.46. The number of hydrogen-bond donors (Lipinski definition) is 0. The van der Waals surface area contributed by atoms with Gasteiger partial charge in [-0.2, -0.15) is 0 Å². The third kappa shape index (κ3) is 0.861. The van der Waals surface area contributed by atoms with Crippen molar-refractivity contribution in [3.63, 3.8) is 0 Å². The average Bonchev–Trinajstić information content (AvgIpc) is 2.51. The molecule has 2 atom stereocenters. The first-order valence-corrected chi connectivity index (χ1v) is 4.97. The molecule has 0 saturated heterocycles. The Hall–Kier alpha value is -1.18. The maximum Gasteiger partial charge on any atom is 0.166 e. The van der Waals surface area contributed by atoms with Crippen LogP contribution in [0.3, 0.4) is 0 Å². The molecule has 0 aliphatic heterocycles. The molecule has 0 radical (unpaired) electrons. The van der Waals surface area contributed by atoms with Gasteiger partial charge in [0.15, 0.2) is 11.6 Å². The lowest BCUT2D eigenvalue weighted by Crippen LogP contribution is -2.10. The fraction of sp³-hybridized carbons (Fsp3) is 0.500. The summed E-state index contributed by atoms with van der Waals surface area (Å²) in [5, 5.41) is 0. The topological polar surface area (TPSA) is 34.1 Å². The van der Waals surface area contributed by atoms with Gasteiger partial charge < -0.3 is 0 Å². The van der Waals surface area contributed by atoms with Gasteiger partial charge in [-0.1, -0.05) is 13.8 Å². The minimum atomic E-state index is -0.0982. The van der Waals surface area contributed by atoms with Crippen LogP contribution in [-0.4, -0.2) is 11.6 Å². The molecular formula is C12H14O2. The monoisotopic (exact) mass is 190 g/mol. The maximum absolute atomic E-state index is 11.7. The zero-order valence-electron chi connectivity index (χ0n) is 8.97. The molecule has 0 aromatic rings. The van der Waals surface area contributed by atoms with Crippen LogP contribution < -0.4 is 0 Å². The Labute approximate surface area is 83.7 Å². The Kier molecular flexibility index (Phi) is 1.78. The Morgan fingerprint density at radius 1 is 0.786 bits per heavy atom. The van der Waals surface area contributed by atoms with E-state index >= 15 is 0 Å². The average molecular weight is 190 g/mol. The second-order valence-electron chi connectivity index (χ2n) is 4.25. The number of fused-ring (bicyclic) bond motifs is 1. The highest BCUT2D eigenvalue weighted by Crippen LogP contribution is 2.45. The molecule has 2 rings (SSSR count). The first-order valence-electron chi connectivity index (χ1n) is 4.97. The van der Waals surface area contributed by atoms with Gasteiger partial charge in [0.1, 0.15) is 0 Å². The maximum atomic E-state index is 11.7. The number of Topliss-reactive ketones (excluding diaryl/α,β-unsaturated/α-hetero) is 2. The molecule has 0 aromatic heterocycles. The van der Waals surface area contributed by atoms with Crippen molar-refractivity contribution in [2.75, 3.05) is 0 Å². The van der Waals surface area contributed by atoms with Gasteiger partial charge in [-0.3, -0.25) is 9.59 Å². The lowest BCUT2D eigenvalue weighted by atomic mass is 9.98. The number of rotatable bonds is 0. The van der Waals surface area contributed by atoms with Crippen molar-refractivity contribution in [2.45, 2.75) is 27.7 Å². The summed E-state index contributed by atoms with van der Waals surface area (Å²) in [5.41, 5.74) is 3.60. The van der Waals surface area contributed by atoms with Crippen LogP contribution in [0.2, 0.25) is 0 Å². The quantitative estimate of drug-likeness (QED) is 0.586. The van der Waals surface area contributed by atoms with E-state index in [2.05, 4.69) is 0 Å². The number of ketones is 2. The largest absolute Gasteiger partial charge is 0.294 e. The molecule has 2 aliphatic rings. The first kappa shape index (κ1) is 9.38. The van der Waals surface area contributed by atoms with Gasteiger partial charge >= 0.3 is 0 Å². The van der Waals surface area contributed by atoms with E-state index in [0.29, 0.717) is 0 Å². The van der Waals surface area contributed by atoms with Gasteiger partial charge in [0.05, 0.1) is 0 Å². The molecule has 0 bridgehead atoms. The van der Waals surface area contributed by atoms with Crippen LogP contribution in [-0.2, 0) is 9.59 Å². The third-order valence-electron chi connectivity index (χ3n) is 3.49. The van der Waals surface area contributed by atoms with E-state index in [0.717, 1.165) is 22.3 Å². The Morgan fingerprint density at radius 3 is 1.36 bits per heavy atom. The molecule has 0 amide bonds.